The average Bonchev–Trinajstić information content (AvgIpc) is 2.86. The van der Waals surface area contributed by atoms with E-state index in [0.717, 1.165) is 36.6 Å². The molecule has 4 nitrogen and oxygen atoms in total. The second-order valence-corrected chi connectivity index (χ2v) is 5.77. The van der Waals surface area contributed by atoms with Crippen molar-refractivity contribution < 1.29 is 4.74 Å². The molecule has 1 aromatic heterocycles. The lowest BCUT2D eigenvalue weighted by molar-refractivity contribution is 0.182. The van der Waals surface area contributed by atoms with Crippen molar-refractivity contribution in [3.05, 3.63) is 46.7 Å². The van der Waals surface area contributed by atoms with E-state index in [1.807, 2.05) is 4.68 Å². The predicted molar refractivity (Wildman–Crippen MR) is 85.1 cm³/mol. The number of halogens is 1. The molecular weight excluding hydrogens is 286 g/mol. The number of ether oxygens (including phenoxy) is 1. The number of nitrogens with zero attached hydrogens (tertiary/aromatic N) is 2. The monoisotopic (exact) mass is 305 g/mol. The highest BCUT2D eigenvalue weighted by Gasteiger charge is 2.22. The van der Waals surface area contributed by atoms with E-state index in [1.54, 1.807) is 13.3 Å². The minimum atomic E-state index is 0.484. The molecule has 0 radical (unpaired) electrons. The van der Waals surface area contributed by atoms with Crippen LogP contribution in [0.15, 0.2) is 30.5 Å². The Bertz CT molecular complexity index is 611. The average molecular weight is 306 g/mol. The minimum absolute atomic E-state index is 0.484. The Morgan fingerprint density at radius 2 is 2.29 bits per heavy atom. The summed E-state index contributed by atoms with van der Waals surface area (Å²) in [5, 5.41) is 8.58. The van der Waals surface area contributed by atoms with E-state index in [1.165, 1.54) is 11.3 Å². The van der Waals surface area contributed by atoms with Crippen LogP contribution in [-0.4, -0.2) is 30.0 Å². The Balaban J connectivity index is 1.83. The van der Waals surface area contributed by atoms with Crippen LogP contribution in [0.25, 0.3) is 0 Å². The first kappa shape index (κ1) is 14.4. The summed E-state index contributed by atoms with van der Waals surface area (Å²) in [4.78, 5) is 0. The molecule has 0 fully saturated rings. The number of aromatic nitrogens is 2. The molecule has 112 valence electrons. The van der Waals surface area contributed by atoms with Crippen LogP contribution in [0.4, 0.5) is 5.69 Å². The number of hydrogen-bond donors (Lipinski definition) is 1. The summed E-state index contributed by atoms with van der Waals surface area (Å²) in [5.74, 6) is 0.484. The van der Waals surface area contributed by atoms with Crippen molar-refractivity contribution in [3.63, 3.8) is 0 Å². The first-order chi connectivity index (χ1) is 10.3. The molecule has 1 N–H and O–H groups in total. The van der Waals surface area contributed by atoms with E-state index in [0.29, 0.717) is 12.5 Å². The lowest BCUT2D eigenvalue weighted by atomic mass is 9.87. The van der Waals surface area contributed by atoms with Crippen LogP contribution >= 0.6 is 11.6 Å². The van der Waals surface area contributed by atoms with Gasteiger partial charge in [-0.25, -0.2) is 0 Å². The maximum absolute atomic E-state index is 6.33. The number of nitrogens with one attached hydrogen (secondary N) is 1. The van der Waals surface area contributed by atoms with Gasteiger partial charge in [-0.05, 0) is 30.4 Å². The van der Waals surface area contributed by atoms with E-state index in [-0.39, 0.29) is 0 Å². The van der Waals surface area contributed by atoms with E-state index in [2.05, 4.69) is 34.7 Å². The van der Waals surface area contributed by atoms with Crippen molar-refractivity contribution in [2.75, 3.05) is 25.6 Å². The first-order valence-electron chi connectivity index (χ1n) is 7.31. The van der Waals surface area contributed by atoms with Gasteiger partial charge >= 0.3 is 0 Å². The standard InChI is InChI=1S/C16H20ClN3O/c1-21-9-8-20-16(14(17)11-19-20)10-12-6-7-18-15-5-3-2-4-13(12)15/h2-5,11-12,18H,6-10H2,1H3. The molecule has 1 aromatic carbocycles. The zero-order valence-corrected chi connectivity index (χ0v) is 12.9. The molecule has 21 heavy (non-hydrogen) atoms. The molecule has 0 spiro atoms. The van der Waals surface area contributed by atoms with E-state index in [4.69, 9.17) is 16.3 Å². The van der Waals surface area contributed by atoms with Crippen molar-refractivity contribution in [3.8, 4) is 0 Å². The Morgan fingerprint density at radius 1 is 1.43 bits per heavy atom. The molecule has 1 aliphatic rings. The van der Waals surface area contributed by atoms with E-state index >= 15 is 0 Å². The van der Waals surface area contributed by atoms with Gasteiger partial charge < -0.3 is 10.1 Å². The largest absolute Gasteiger partial charge is 0.385 e. The van der Waals surface area contributed by atoms with Crippen molar-refractivity contribution in [2.24, 2.45) is 0 Å². The fourth-order valence-electron chi connectivity index (χ4n) is 2.96. The molecule has 2 aromatic rings. The molecular formula is C16H20ClN3O. The summed E-state index contributed by atoms with van der Waals surface area (Å²) < 4.78 is 7.11. The lowest BCUT2D eigenvalue weighted by Crippen LogP contribution is -2.20. The van der Waals surface area contributed by atoms with Crippen LogP contribution in [0.3, 0.4) is 0 Å². The number of methoxy groups -OCH3 is 1. The fraction of sp³-hybridized carbons (Fsp3) is 0.438. The number of rotatable bonds is 5. The molecule has 1 atom stereocenters. The number of anilines is 1. The number of para-hydroxylation sites is 1. The van der Waals surface area contributed by atoms with Crippen LogP contribution < -0.4 is 5.32 Å². The quantitative estimate of drug-likeness (QED) is 0.921. The fourth-order valence-corrected chi connectivity index (χ4v) is 3.18. The number of hydrogen-bond acceptors (Lipinski definition) is 3. The highest BCUT2D eigenvalue weighted by atomic mass is 35.5. The van der Waals surface area contributed by atoms with Crippen LogP contribution in [0.1, 0.15) is 23.6 Å². The zero-order chi connectivity index (χ0) is 14.7. The van der Waals surface area contributed by atoms with Gasteiger partial charge in [0.2, 0.25) is 0 Å². The van der Waals surface area contributed by atoms with Gasteiger partial charge in [-0.1, -0.05) is 29.8 Å². The topological polar surface area (TPSA) is 39.1 Å². The van der Waals surface area contributed by atoms with Crippen molar-refractivity contribution >= 4 is 17.3 Å². The van der Waals surface area contributed by atoms with E-state index in [9.17, 15) is 0 Å². The Hall–Kier alpha value is -1.52. The maximum atomic E-state index is 6.33. The van der Waals surface area contributed by atoms with Gasteiger partial charge in [0.05, 0.1) is 30.1 Å². The van der Waals surface area contributed by atoms with E-state index < -0.39 is 0 Å². The SMILES string of the molecule is COCCn1ncc(Cl)c1CC1CCNc2ccccc21. The first-order valence-corrected chi connectivity index (χ1v) is 7.69. The second-order valence-electron chi connectivity index (χ2n) is 5.36. The number of fused-ring (bicyclic) bond motifs is 1. The summed E-state index contributed by atoms with van der Waals surface area (Å²) >= 11 is 6.33. The third-order valence-corrected chi connectivity index (χ3v) is 4.37. The molecule has 0 saturated heterocycles. The molecule has 0 aliphatic carbocycles. The van der Waals surface area contributed by atoms with Crippen LogP contribution in [0.2, 0.25) is 5.02 Å². The summed E-state index contributed by atoms with van der Waals surface area (Å²) in [6, 6.07) is 8.52. The van der Waals surface area contributed by atoms with Gasteiger partial charge in [-0.3, -0.25) is 4.68 Å². The van der Waals surface area contributed by atoms with Gasteiger partial charge in [-0.15, -0.1) is 0 Å². The number of benzene rings is 1. The smallest absolute Gasteiger partial charge is 0.0818 e. The Labute approximate surface area is 130 Å². The minimum Gasteiger partial charge on any atom is -0.385 e. The Morgan fingerprint density at radius 3 is 3.14 bits per heavy atom. The molecule has 0 bridgehead atoms. The molecule has 1 aliphatic heterocycles. The van der Waals surface area contributed by atoms with Crippen molar-refractivity contribution in [1.82, 2.24) is 9.78 Å². The predicted octanol–water partition coefficient (Wildman–Crippen LogP) is 3.32. The molecule has 3 rings (SSSR count). The lowest BCUT2D eigenvalue weighted by Gasteiger charge is -2.27. The van der Waals surface area contributed by atoms with Gasteiger partial charge in [-0.2, -0.15) is 5.10 Å². The maximum Gasteiger partial charge on any atom is 0.0818 e. The second kappa shape index (κ2) is 6.50. The van der Waals surface area contributed by atoms with Crippen molar-refractivity contribution in [2.45, 2.75) is 25.3 Å². The van der Waals surface area contributed by atoms with Gasteiger partial charge in [0.1, 0.15) is 0 Å². The molecule has 5 heteroatoms. The van der Waals surface area contributed by atoms with Gasteiger partial charge in [0, 0.05) is 19.3 Å². The molecule has 0 amide bonds. The summed E-state index contributed by atoms with van der Waals surface area (Å²) in [6.07, 6.45) is 3.77. The summed E-state index contributed by atoms with van der Waals surface area (Å²) in [6.45, 7) is 2.39. The highest BCUT2D eigenvalue weighted by molar-refractivity contribution is 6.31. The highest BCUT2D eigenvalue weighted by Crippen LogP contribution is 2.35. The van der Waals surface area contributed by atoms with Crippen molar-refractivity contribution in [1.29, 1.82) is 0 Å². The zero-order valence-electron chi connectivity index (χ0n) is 12.2. The normalized spacial score (nSPS) is 17.3. The molecule has 1 unspecified atom stereocenters. The van der Waals surface area contributed by atoms with Gasteiger partial charge in [0.15, 0.2) is 0 Å². The Kier molecular flexibility index (Phi) is 4.46. The van der Waals surface area contributed by atoms with Crippen LogP contribution in [0.5, 0.6) is 0 Å². The van der Waals surface area contributed by atoms with Crippen LogP contribution in [-0.2, 0) is 17.7 Å². The molecule has 0 saturated carbocycles. The summed E-state index contributed by atoms with van der Waals surface area (Å²) in [7, 11) is 1.70. The van der Waals surface area contributed by atoms with Crippen LogP contribution in [0, 0.1) is 0 Å². The third-order valence-electron chi connectivity index (χ3n) is 4.05. The third kappa shape index (κ3) is 3.06. The van der Waals surface area contributed by atoms with Gasteiger partial charge in [0.25, 0.3) is 0 Å². The molecule has 2 heterocycles. The summed E-state index contributed by atoms with van der Waals surface area (Å²) in [5.41, 5.74) is 3.72.